The van der Waals surface area contributed by atoms with Crippen LogP contribution in [0.1, 0.15) is 25.1 Å². The van der Waals surface area contributed by atoms with Gasteiger partial charge in [0, 0.05) is 17.5 Å². The fourth-order valence-corrected chi connectivity index (χ4v) is 2.92. The highest BCUT2D eigenvalue weighted by Crippen LogP contribution is 2.20. The lowest BCUT2D eigenvalue weighted by molar-refractivity contribution is -0.384. The number of rotatable bonds is 10. The van der Waals surface area contributed by atoms with E-state index in [0.717, 1.165) is 11.3 Å². The van der Waals surface area contributed by atoms with Gasteiger partial charge >= 0.3 is 5.97 Å². The first-order valence-corrected chi connectivity index (χ1v) is 10.5. The third-order valence-electron chi connectivity index (χ3n) is 3.67. The summed E-state index contributed by atoms with van der Waals surface area (Å²) in [6, 6.07) is 5.46. The summed E-state index contributed by atoms with van der Waals surface area (Å²) in [6.07, 6.45) is 0. The number of amides is 1. The Kier molecular flexibility index (Phi) is 10.6. The van der Waals surface area contributed by atoms with Crippen molar-refractivity contribution >= 4 is 80.6 Å². The van der Waals surface area contributed by atoms with Crippen LogP contribution in [0.2, 0.25) is 0 Å². The van der Waals surface area contributed by atoms with Crippen LogP contribution in [-0.4, -0.2) is 44.2 Å². The van der Waals surface area contributed by atoms with Crippen molar-refractivity contribution in [2.75, 3.05) is 11.2 Å². The van der Waals surface area contributed by atoms with E-state index in [2.05, 4.69) is 15.5 Å². The molecule has 1 heterocycles. The lowest BCUT2D eigenvalue weighted by Crippen LogP contribution is -2.35. The summed E-state index contributed by atoms with van der Waals surface area (Å²) >= 11 is 12.0. The van der Waals surface area contributed by atoms with Gasteiger partial charge in [0.2, 0.25) is 11.5 Å². The number of hydrogen-bond acceptors (Lipinski definition) is 10. The number of ether oxygens (including phenoxy) is 1. The molecule has 33 heavy (non-hydrogen) atoms. The van der Waals surface area contributed by atoms with E-state index in [1.165, 1.54) is 43.5 Å². The van der Waals surface area contributed by atoms with Gasteiger partial charge in [-0.2, -0.15) is 0 Å². The van der Waals surface area contributed by atoms with Crippen molar-refractivity contribution in [3.8, 4) is 0 Å². The van der Waals surface area contributed by atoms with Crippen molar-refractivity contribution in [1.29, 1.82) is 0 Å². The summed E-state index contributed by atoms with van der Waals surface area (Å²) in [5.74, 6) is -1.57. The Labute approximate surface area is 207 Å². The zero-order valence-corrected chi connectivity index (χ0v) is 20.2. The van der Waals surface area contributed by atoms with Crippen LogP contribution >= 0.6 is 46.9 Å². The predicted octanol–water partition coefficient (Wildman–Crippen LogP) is 3.66. The highest BCUT2D eigenvalue weighted by Gasteiger charge is 2.33. The molecule has 1 amide bonds. The smallest absolute Gasteiger partial charge is 0.353 e. The largest absolute Gasteiger partial charge is 0.458 e. The number of carbonyl (C=O) groups is 3. The number of nitrogens with zero attached hydrogens (tertiary/aromatic N) is 3. The molecule has 0 saturated carbocycles. The maximum absolute atomic E-state index is 12.4. The molecule has 0 aliphatic heterocycles. The highest BCUT2D eigenvalue weighted by atomic mass is 35.5. The van der Waals surface area contributed by atoms with Crippen LogP contribution in [0.3, 0.4) is 0 Å². The molecule has 0 radical (unpaired) electrons. The first-order valence-electron chi connectivity index (χ1n) is 8.71. The minimum atomic E-state index is -1.61. The first-order chi connectivity index (χ1) is 15.0. The number of anilines is 1. The minimum absolute atomic E-state index is 0. The number of benzene rings is 1. The van der Waals surface area contributed by atoms with Gasteiger partial charge in [0.1, 0.15) is 18.2 Å². The molecule has 0 aliphatic carbocycles. The Morgan fingerprint density at radius 3 is 2.45 bits per heavy atom. The Hall–Kier alpha value is -2.80. The molecule has 1 aromatic heterocycles. The fourth-order valence-electron chi connectivity index (χ4n) is 2.01. The standard InChI is InChI=1S/C18H16Cl2N4O7S.ClH/c1-18(2,16(27)30-8-10-3-5-11(6-4-10)24(28)29)31-23-14(15(20)26)12-9-32-17(21-12)22-13(25)7-19;/h3-6,9H,7-8H2,1-2H3,(H,21,22,25);1H/b23-14+;. The molecule has 15 heteroatoms. The molecular weight excluding hydrogens is 523 g/mol. The van der Waals surface area contributed by atoms with Gasteiger partial charge in [-0.05, 0) is 43.1 Å². The zero-order chi connectivity index (χ0) is 23.9. The molecule has 1 aromatic carbocycles. The molecule has 0 fully saturated rings. The van der Waals surface area contributed by atoms with Gasteiger partial charge in [-0.25, -0.2) is 9.78 Å². The number of hydrogen-bond donors (Lipinski definition) is 1. The van der Waals surface area contributed by atoms with Crippen molar-refractivity contribution in [2.24, 2.45) is 5.16 Å². The van der Waals surface area contributed by atoms with Crippen LogP contribution < -0.4 is 5.32 Å². The fraction of sp³-hybridized carbons (Fsp3) is 0.278. The highest BCUT2D eigenvalue weighted by molar-refractivity contribution is 7.14. The van der Waals surface area contributed by atoms with Gasteiger partial charge in [-0.15, -0.1) is 35.3 Å². The van der Waals surface area contributed by atoms with E-state index in [9.17, 15) is 24.5 Å². The van der Waals surface area contributed by atoms with E-state index in [1.807, 2.05) is 0 Å². The van der Waals surface area contributed by atoms with Gasteiger partial charge in [-0.3, -0.25) is 19.7 Å². The monoisotopic (exact) mass is 538 g/mol. The number of nitro benzene ring substituents is 1. The number of alkyl halides is 1. The SMILES string of the molecule is CC(C)(O/N=C(/C(=O)Cl)c1csc(NC(=O)CCl)n1)C(=O)OCc1ccc([N+](=O)[O-])cc1.Cl. The third kappa shape index (κ3) is 8.24. The van der Waals surface area contributed by atoms with Crippen molar-refractivity contribution < 1.29 is 28.9 Å². The Morgan fingerprint density at radius 1 is 1.27 bits per heavy atom. The first kappa shape index (κ1) is 28.2. The van der Waals surface area contributed by atoms with Gasteiger partial charge in [0.05, 0.1) is 4.92 Å². The van der Waals surface area contributed by atoms with Gasteiger partial charge < -0.3 is 14.9 Å². The second kappa shape index (κ2) is 12.4. The van der Waals surface area contributed by atoms with Crippen LogP contribution in [0.15, 0.2) is 34.8 Å². The predicted molar refractivity (Wildman–Crippen MR) is 124 cm³/mol. The van der Waals surface area contributed by atoms with E-state index < -0.39 is 27.6 Å². The Bertz CT molecular complexity index is 1060. The number of nitro groups is 1. The maximum Gasteiger partial charge on any atom is 0.353 e. The molecule has 0 saturated heterocycles. The summed E-state index contributed by atoms with van der Waals surface area (Å²) in [4.78, 5) is 54.8. The van der Waals surface area contributed by atoms with Gasteiger partial charge in [-0.1, -0.05) is 5.16 Å². The molecule has 11 nitrogen and oxygen atoms in total. The molecule has 0 aliphatic rings. The normalized spacial score (nSPS) is 11.2. The summed E-state index contributed by atoms with van der Waals surface area (Å²) < 4.78 is 5.16. The van der Waals surface area contributed by atoms with Gasteiger partial charge in [0.25, 0.3) is 10.9 Å². The number of esters is 1. The number of thiazole rings is 1. The van der Waals surface area contributed by atoms with E-state index >= 15 is 0 Å². The van der Waals surface area contributed by atoms with E-state index in [0.29, 0.717) is 5.56 Å². The number of non-ortho nitro benzene ring substituents is 1. The average Bonchev–Trinajstić information content (AvgIpc) is 3.19. The second-order valence-electron chi connectivity index (χ2n) is 6.53. The molecule has 1 N–H and O–H groups in total. The van der Waals surface area contributed by atoms with E-state index in [-0.39, 0.29) is 47.1 Å². The molecule has 178 valence electrons. The maximum atomic E-state index is 12.4. The summed E-state index contributed by atoms with van der Waals surface area (Å²) in [6.45, 7) is 2.56. The van der Waals surface area contributed by atoms with Crippen LogP contribution in [0.25, 0.3) is 0 Å². The molecule has 0 unspecified atom stereocenters. The number of nitrogens with one attached hydrogen (secondary N) is 1. The lowest BCUT2D eigenvalue weighted by Gasteiger charge is -2.20. The second-order valence-corrected chi connectivity index (χ2v) is 8.00. The van der Waals surface area contributed by atoms with Gasteiger partial charge in [0.15, 0.2) is 10.8 Å². The lowest BCUT2D eigenvalue weighted by atomic mass is 10.1. The molecular formula is C18H17Cl3N4O7S. The molecule has 0 bridgehead atoms. The summed E-state index contributed by atoms with van der Waals surface area (Å²) in [7, 11) is 0. The number of carbonyl (C=O) groups excluding carboxylic acids is 3. The van der Waals surface area contributed by atoms with Crippen LogP contribution in [0, 0.1) is 10.1 Å². The number of aromatic nitrogens is 1. The molecule has 0 spiro atoms. The topological polar surface area (TPSA) is 150 Å². The van der Waals surface area contributed by atoms with Crippen LogP contribution in [0.5, 0.6) is 0 Å². The molecule has 0 atom stereocenters. The average molecular weight is 540 g/mol. The van der Waals surface area contributed by atoms with Crippen molar-refractivity contribution in [2.45, 2.75) is 26.1 Å². The third-order valence-corrected chi connectivity index (χ3v) is 4.85. The number of oxime groups is 1. The quantitative estimate of drug-likeness (QED) is 0.120. The summed E-state index contributed by atoms with van der Waals surface area (Å²) in [5.41, 5.74) is -1.54. The summed E-state index contributed by atoms with van der Waals surface area (Å²) in [5, 5.41) is 17.3. The molecule has 2 rings (SSSR count). The van der Waals surface area contributed by atoms with Crippen LogP contribution in [0.4, 0.5) is 10.8 Å². The van der Waals surface area contributed by atoms with Crippen molar-refractivity contribution in [1.82, 2.24) is 4.98 Å². The Balaban J connectivity index is 0.00000544. The van der Waals surface area contributed by atoms with Crippen molar-refractivity contribution in [3.63, 3.8) is 0 Å². The Morgan fingerprint density at radius 2 is 1.91 bits per heavy atom. The van der Waals surface area contributed by atoms with Crippen LogP contribution in [-0.2, 0) is 30.6 Å². The van der Waals surface area contributed by atoms with Crippen molar-refractivity contribution in [3.05, 3.63) is 51.0 Å². The van der Waals surface area contributed by atoms with E-state index in [4.69, 9.17) is 32.8 Å². The van der Waals surface area contributed by atoms with E-state index in [1.54, 1.807) is 0 Å². The minimum Gasteiger partial charge on any atom is -0.458 e. The molecule has 2 aromatic rings. The number of halogens is 3. The zero-order valence-electron chi connectivity index (χ0n) is 17.1.